The number of ether oxygens (including phenoxy) is 1. The topological polar surface area (TPSA) is 75.7 Å². The number of esters is 1. The van der Waals surface area contributed by atoms with Crippen molar-refractivity contribution in [2.24, 2.45) is 0 Å². The molecule has 0 spiro atoms. The van der Waals surface area contributed by atoms with Crippen molar-refractivity contribution in [1.82, 2.24) is 10.2 Å². The number of nitrogens with zero attached hydrogens (tertiary/aromatic N) is 1. The van der Waals surface area contributed by atoms with Crippen LogP contribution in [0.4, 0.5) is 0 Å². The number of hydrogen-bond donors (Lipinski definition) is 1. The molecule has 29 heavy (non-hydrogen) atoms. The van der Waals surface area contributed by atoms with Crippen molar-refractivity contribution >= 4 is 17.8 Å². The van der Waals surface area contributed by atoms with Crippen LogP contribution in [0.3, 0.4) is 0 Å². The first-order valence-corrected chi connectivity index (χ1v) is 9.80. The standard InChI is InChI=1S/C23H26N2O4/c1-18(26)25-14-12-23(13-15-25,20-10-6-3-7-11-20)22(28)24-16-21(27)29-17-19-8-4-2-5-9-19/h2-11H,12-17H2,1H3,(H,24,28). The maximum atomic E-state index is 13.2. The molecule has 1 saturated heterocycles. The fourth-order valence-electron chi connectivity index (χ4n) is 3.72. The number of carbonyl (C=O) groups excluding carboxylic acids is 3. The van der Waals surface area contributed by atoms with Gasteiger partial charge in [-0.05, 0) is 24.0 Å². The highest BCUT2D eigenvalue weighted by atomic mass is 16.5. The molecule has 1 aliphatic rings. The summed E-state index contributed by atoms with van der Waals surface area (Å²) in [6.07, 6.45) is 1.03. The molecule has 1 heterocycles. The van der Waals surface area contributed by atoms with Gasteiger partial charge in [-0.15, -0.1) is 0 Å². The van der Waals surface area contributed by atoms with Gasteiger partial charge < -0.3 is 15.0 Å². The second-order valence-electron chi connectivity index (χ2n) is 7.28. The highest BCUT2D eigenvalue weighted by molar-refractivity contribution is 5.91. The zero-order valence-corrected chi connectivity index (χ0v) is 16.6. The molecule has 0 bridgehead atoms. The van der Waals surface area contributed by atoms with Gasteiger partial charge in [-0.1, -0.05) is 60.7 Å². The molecule has 6 nitrogen and oxygen atoms in total. The molecular weight excluding hydrogens is 368 g/mol. The number of amides is 2. The number of likely N-dealkylation sites (tertiary alicyclic amines) is 1. The first-order valence-electron chi connectivity index (χ1n) is 9.80. The van der Waals surface area contributed by atoms with Gasteiger partial charge in [-0.3, -0.25) is 14.4 Å². The lowest BCUT2D eigenvalue weighted by Crippen LogP contribution is -2.53. The number of rotatable bonds is 6. The Morgan fingerprint density at radius 2 is 1.55 bits per heavy atom. The van der Waals surface area contributed by atoms with Crippen LogP contribution in [-0.2, 0) is 31.1 Å². The first kappa shape index (κ1) is 20.6. The Morgan fingerprint density at radius 3 is 2.14 bits per heavy atom. The third kappa shape index (κ3) is 5.02. The Morgan fingerprint density at radius 1 is 0.966 bits per heavy atom. The first-order chi connectivity index (χ1) is 14.0. The Kier molecular flexibility index (Phi) is 6.65. The van der Waals surface area contributed by atoms with Crippen LogP contribution >= 0.6 is 0 Å². The highest BCUT2D eigenvalue weighted by Gasteiger charge is 2.43. The molecule has 1 aliphatic heterocycles. The van der Waals surface area contributed by atoms with E-state index in [9.17, 15) is 14.4 Å². The molecule has 2 aromatic rings. The van der Waals surface area contributed by atoms with Crippen LogP contribution < -0.4 is 5.32 Å². The Labute approximate surface area is 170 Å². The zero-order chi connectivity index (χ0) is 20.7. The summed E-state index contributed by atoms with van der Waals surface area (Å²) in [7, 11) is 0. The largest absolute Gasteiger partial charge is 0.460 e. The summed E-state index contributed by atoms with van der Waals surface area (Å²) in [5.41, 5.74) is 1.04. The minimum Gasteiger partial charge on any atom is -0.460 e. The van der Waals surface area contributed by atoms with Crippen molar-refractivity contribution in [2.45, 2.75) is 31.8 Å². The minimum absolute atomic E-state index is 0.0107. The van der Waals surface area contributed by atoms with E-state index in [4.69, 9.17) is 4.74 Å². The number of piperidine rings is 1. The van der Waals surface area contributed by atoms with Crippen molar-refractivity contribution < 1.29 is 19.1 Å². The number of hydrogen-bond acceptors (Lipinski definition) is 4. The molecule has 152 valence electrons. The van der Waals surface area contributed by atoms with Crippen LogP contribution in [0.5, 0.6) is 0 Å². The minimum atomic E-state index is -0.757. The third-order valence-corrected chi connectivity index (χ3v) is 5.46. The molecule has 0 aromatic heterocycles. The summed E-state index contributed by atoms with van der Waals surface area (Å²) in [4.78, 5) is 38.7. The van der Waals surface area contributed by atoms with Gasteiger partial charge in [0, 0.05) is 20.0 Å². The summed E-state index contributed by atoms with van der Waals surface area (Å²) >= 11 is 0. The maximum Gasteiger partial charge on any atom is 0.325 e. The van der Waals surface area contributed by atoms with E-state index in [2.05, 4.69) is 5.32 Å². The average molecular weight is 394 g/mol. The molecule has 0 radical (unpaired) electrons. The van der Waals surface area contributed by atoms with Gasteiger partial charge >= 0.3 is 5.97 Å². The van der Waals surface area contributed by atoms with Crippen LogP contribution in [0.2, 0.25) is 0 Å². The molecular formula is C23H26N2O4. The molecule has 2 amide bonds. The summed E-state index contributed by atoms with van der Waals surface area (Å²) < 4.78 is 5.25. The summed E-state index contributed by atoms with van der Waals surface area (Å²) in [5.74, 6) is -0.674. The van der Waals surface area contributed by atoms with Gasteiger partial charge in [0.2, 0.25) is 11.8 Å². The molecule has 6 heteroatoms. The molecule has 3 rings (SSSR count). The summed E-state index contributed by atoms with van der Waals surface area (Å²) in [6, 6.07) is 19.0. The Bertz CT molecular complexity index is 844. The molecule has 0 unspecified atom stereocenters. The average Bonchev–Trinajstić information content (AvgIpc) is 2.77. The van der Waals surface area contributed by atoms with Gasteiger partial charge in [0.1, 0.15) is 13.2 Å². The molecule has 0 atom stereocenters. The van der Waals surface area contributed by atoms with Gasteiger partial charge in [0.15, 0.2) is 0 Å². The van der Waals surface area contributed by atoms with E-state index < -0.39 is 11.4 Å². The second kappa shape index (κ2) is 9.37. The Balaban J connectivity index is 1.63. The van der Waals surface area contributed by atoms with Crippen LogP contribution in [0, 0.1) is 0 Å². The Hall–Kier alpha value is -3.15. The smallest absolute Gasteiger partial charge is 0.325 e. The van der Waals surface area contributed by atoms with Gasteiger partial charge in [-0.2, -0.15) is 0 Å². The number of benzene rings is 2. The predicted octanol–water partition coefficient (Wildman–Crippen LogP) is 2.43. The SMILES string of the molecule is CC(=O)N1CCC(C(=O)NCC(=O)OCc2ccccc2)(c2ccccc2)CC1. The van der Waals surface area contributed by atoms with Crippen molar-refractivity contribution in [1.29, 1.82) is 0 Å². The fraction of sp³-hybridized carbons (Fsp3) is 0.348. The molecule has 1 fully saturated rings. The molecule has 1 N–H and O–H groups in total. The normalized spacial score (nSPS) is 15.4. The van der Waals surface area contributed by atoms with Crippen LogP contribution in [0.25, 0.3) is 0 Å². The van der Waals surface area contributed by atoms with Gasteiger partial charge in [0.05, 0.1) is 5.41 Å². The molecule has 0 saturated carbocycles. The second-order valence-corrected chi connectivity index (χ2v) is 7.28. The van der Waals surface area contributed by atoms with Crippen molar-refractivity contribution in [3.05, 3.63) is 71.8 Å². The third-order valence-electron chi connectivity index (χ3n) is 5.46. The zero-order valence-electron chi connectivity index (χ0n) is 16.6. The van der Waals surface area contributed by atoms with Crippen LogP contribution in [-0.4, -0.2) is 42.3 Å². The predicted molar refractivity (Wildman–Crippen MR) is 109 cm³/mol. The van der Waals surface area contributed by atoms with Crippen molar-refractivity contribution in [3.63, 3.8) is 0 Å². The monoisotopic (exact) mass is 394 g/mol. The fourth-order valence-corrected chi connectivity index (χ4v) is 3.72. The maximum absolute atomic E-state index is 13.2. The van der Waals surface area contributed by atoms with Crippen LogP contribution in [0.1, 0.15) is 30.9 Å². The van der Waals surface area contributed by atoms with E-state index in [0.717, 1.165) is 11.1 Å². The van der Waals surface area contributed by atoms with Gasteiger partial charge in [-0.25, -0.2) is 0 Å². The summed E-state index contributed by atoms with van der Waals surface area (Å²) in [6.45, 7) is 2.55. The van der Waals surface area contributed by atoms with E-state index in [-0.39, 0.29) is 25.0 Å². The van der Waals surface area contributed by atoms with Crippen molar-refractivity contribution in [2.75, 3.05) is 19.6 Å². The van der Waals surface area contributed by atoms with Crippen LogP contribution in [0.15, 0.2) is 60.7 Å². The lowest BCUT2D eigenvalue weighted by Gasteiger charge is -2.40. The van der Waals surface area contributed by atoms with E-state index in [0.29, 0.717) is 25.9 Å². The number of carbonyl (C=O) groups is 3. The molecule has 0 aliphatic carbocycles. The lowest BCUT2D eigenvalue weighted by molar-refractivity contribution is -0.146. The summed E-state index contributed by atoms with van der Waals surface area (Å²) in [5, 5.41) is 2.75. The van der Waals surface area contributed by atoms with E-state index in [1.807, 2.05) is 60.7 Å². The lowest BCUT2D eigenvalue weighted by atomic mass is 9.72. The van der Waals surface area contributed by atoms with E-state index in [1.54, 1.807) is 11.8 Å². The van der Waals surface area contributed by atoms with E-state index >= 15 is 0 Å². The van der Waals surface area contributed by atoms with E-state index in [1.165, 1.54) is 0 Å². The van der Waals surface area contributed by atoms with Gasteiger partial charge in [0.25, 0.3) is 0 Å². The van der Waals surface area contributed by atoms with Crippen molar-refractivity contribution in [3.8, 4) is 0 Å². The quantitative estimate of drug-likeness (QED) is 0.764. The molecule has 2 aromatic carbocycles. The number of nitrogens with one attached hydrogen (secondary N) is 1. The highest BCUT2D eigenvalue weighted by Crippen LogP contribution is 2.36.